The third-order valence-corrected chi connectivity index (χ3v) is 5.73. The number of carbonyl (C=O) groups excluding carboxylic acids is 2. The number of likely N-dealkylation sites (N-methyl/N-ethyl adjacent to an activating group) is 1. The number of rotatable bonds is 8. The monoisotopic (exact) mass is 454 g/mol. The van der Waals surface area contributed by atoms with Gasteiger partial charge in [-0.05, 0) is 36.1 Å². The van der Waals surface area contributed by atoms with E-state index in [1.54, 1.807) is 0 Å². The number of hydrogen-bond acceptors (Lipinski definition) is 5. The van der Waals surface area contributed by atoms with Crippen LogP contribution in [0.25, 0.3) is 11.1 Å². The predicted molar refractivity (Wildman–Crippen MR) is 119 cm³/mol. The molecule has 0 aliphatic heterocycles. The van der Waals surface area contributed by atoms with E-state index < -0.39 is 41.9 Å². The highest BCUT2D eigenvalue weighted by Crippen LogP contribution is 2.44. The topological polar surface area (TPSA) is 133 Å². The minimum atomic E-state index is -1.57. The highest BCUT2D eigenvalue weighted by Gasteiger charge is 2.39. The van der Waals surface area contributed by atoms with Gasteiger partial charge in [-0.2, -0.15) is 0 Å². The number of nitrogens with zero attached hydrogens (tertiary/aromatic N) is 1. The molecule has 3 N–H and O–H groups in total. The van der Waals surface area contributed by atoms with Crippen LogP contribution in [0.3, 0.4) is 0 Å². The molecule has 3 rings (SSSR count). The zero-order valence-electron chi connectivity index (χ0n) is 18.6. The molecule has 174 valence electrons. The van der Waals surface area contributed by atoms with Crippen LogP contribution in [0.4, 0.5) is 4.79 Å². The van der Waals surface area contributed by atoms with Gasteiger partial charge < -0.3 is 25.2 Å². The van der Waals surface area contributed by atoms with E-state index in [4.69, 9.17) is 9.84 Å². The minimum Gasteiger partial charge on any atom is -0.481 e. The number of carboxylic acids is 2. The summed E-state index contributed by atoms with van der Waals surface area (Å²) in [7, 11) is 1.19. The lowest BCUT2D eigenvalue weighted by molar-refractivity contribution is -0.155. The van der Waals surface area contributed by atoms with Crippen LogP contribution >= 0.6 is 0 Å². The smallest absolute Gasteiger partial charge is 0.408 e. The molecule has 9 nitrogen and oxygen atoms in total. The van der Waals surface area contributed by atoms with Crippen LogP contribution in [0.15, 0.2) is 48.5 Å². The van der Waals surface area contributed by atoms with Crippen molar-refractivity contribution in [2.45, 2.75) is 37.8 Å². The quantitative estimate of drug-likeness (QED) is 0.558. The Labute approximate surface area is 191 Å². The number of alkyl carbamates (subject to hydrolysis) is 1. The first-order chi connectivity index (χ1) is 15.5. The Morgan fingerprint density at radius 1 is 1.00 bits per heavy atom. The van der Waals surface area contributed by atoms with Crippen molar-refractivity contribution in [2.24, 2.45) is 0 Å². The Balaban J connectivity index is 1.67. The summed E-state index contributed by atoms with van der Waals surface area (Å²) in [6, 6.07) is 14.2. The molecule has 0 saturated carbocycles. The van der Waals surface area contributed by atoms with E-state index in [0.29, 0.717) is 0 Å². The number of hydrogen-bond donors (Lipinski definition) is 3. The minimum absolute atomic E-state index is 0.0523. The maximum atomic E-state index is 12.8. The van der Waals surface area contributed by atoms with Crippen LogP contribution in [0.2, 0.25) is 0 Å². The normalized spacial score (nSPS) is 13.4. The summed E-state index contributed by atoms with van der Waals surface area (Å²) >= 11 is 0. The molecular weight excluding hydrogens is 428 g/mol. The molecule has 0 radical (unpaired) electrons. The summed E-state index contributed by atoms with van der Waals surface area (Å²) in [6.07, 6.45) is -1.60. The first-order valence-corrected chi connectivity index (χ1v) is 10.4. The Morgan fingerprint density at radius 3 is 2.00 bits per heavy atom. The third kappa shape index (κ3) is 4.97. The van der Waals surface area contributed by atoms with Crippen molar-refractivity contribution >= 4 is 23.9 Å². The number of benzene rings is 2. The lowest BCUT2D eigenvalue weighted by Gasteiger charge is -2.32. The average molecular weight is 454 g/mol. The van der Waals surface area contributed by atoms with Crippen molar-refractivity contribution in [1.29, 1.82) is 0 Å². The molecule has 33 heavy (non-hydrogen) atoms. The van der Waals surface area contributed by atoms with Gasteiger partial charge in [0, 0.05) is 13.0 Å². The van der Waals surface area contributed by atoms with Gasteiger partial charge in [-0.15, -0.1) is 0 Å². The van der Waals surface area contributed by atoms with Gasteiger partial charge in [0.2, 0.25) is 5.91 Å². The molecule has 2 aromatic rings. The van der Waals surface area contributed by atoms with Crippen molar-refractivity contribution in [3.05, 3.63) is 59.7 Å². The van der Waals surface area contributed by atoms with E-state index in [9.17, 15) is 24.3 Å². The van der Waals surface area contributed by atoms with E-state index in [0.717, 1.165) is 27.2 Å². The van der Waals surface area contributed by atoms with Gasteiger partial charge in [0.05, 0.1) is 6.42 Å². The first kappa shape index (κ1) is 23.8. The third-order valence-electron chi connectivity index (χ3n) is 5.73. The van der Waals surface area contributed by atoms with Gasteiger partial charge in [0.1, 0.15) is 18.2 Å². The number of fused-ring (bicyclic) bond motifs is 3. The van der Waals surface area contributed by atoms with Crippen LogP contribution < -0.4 is 5.32 Å². The van der Waals surface area contributed by atoms with Gasteiger partial charge in [-0.25, -0.2) is 9.59 Å². The summed E-state index contributed by atoms with van der Waals surface area (Å²) in [5.41, 5.74) is 2.72. The van der Waals surface area contributed by atoms with E-state index >= 15 is 0 Å². The lowest BCUT2D eigenvalue weighted by Crippen LogP contribution is -2.58. The summed E-state index contributed by atoms with van der Waals surface area (Å²) in [4.78, 5) is 48.5. The molecule has 1 atom stereocenters. The van der Waals surface area contributed by atoms with Gasteiger partial charge in [-0.3, -0.25) is 9.59 Å². The van der Waals surface area contributed by atoms with Crippen molar-refractivity contribution < 1.29 is 34.1 Å². The Morgan fingerprint density at radius 2 is 1.52 bits per heavy atom. The zero-order valence-corrected chi connectivity index (χ0v) is 18.6. The zero-order chi connectivity index (χ0) is 24.3. The molecule has 0 aromatic heterocycles. The van der Waals surface area contributed by atoms with Crippen LogP contribution in [-0.2, 0) is 19.1 Å². The fraction of sp³-hybridized carbons (Fsp3) is 0.333. The number of aliphatic carboxylic acids is 2. The van der Waals surface area contributed by atoms with Gasteiger partial charge in [-0.1, -0.05) is 48.5 Å². The number of carbonyl (C=O) groups is 4. The summed E-state index contributed by atoms with van der Waals surface area (Å²) < 4.78 is 5.45. The summed E-state index contributed by atoms with van der Waals surface area (Å²) in [5.74, 6) is -3.73. The number of amides is 2. The standard InChI is InChI=1S/C24H26N2O7/c1-24(2,22(31)26(3)19(21(29)30)12-20(27)28)25-23(32)33-13-18-16-10-6-4-8-14(16)15-9-5-7-11-17(15)18/h4-11,18-19H,12-13H2,1-3H3,(H,25,32)(H,27,28)(H,29,30)/t19-/m0/s1. The number of nitrogens with one attached hydrogen (secondary N) is 1. The second kappa shape index (κ2) is 9.32. The second-order valence-corrected chi connectivity index (χ2v) is 8.44. The molecule has 0 heterocycles. The molecule has 9 heteroatoms. The molecule has 0 saturated heterocycles. The molecule has 1 aliphatic carbocycles. The molecule has 2 aromatic carbocycles. The van der Waals surface area contributed by atoms with E-state index in [1.807, 2.05) is 48.5 Å². The molecule has 0 fully saturated rings. The Kier molecular flexibility index (Phi) is 6.71. The van der Waals surface area contributed by atoms with Crippen molar-refractivity contribution in [2.75, 3.05) is 13.7 Å². The van der Waals surface area contributed by atoms with Crippen LogP contribution in [0.5, 0.6) is 0 Å². The Bertz CT molecular complexity index is 1050. The predicted octanol–water partition coefficient (Wildman–Crippen LogP) is 2.69. The largest absolute Gasteiger partial charge is 0.481 e. The van der Waals surface area contributed by atoms with E-state index in [2.05, 4.69) is 5.32 Å². The summed E-state index contributed by atoms with van der Waals surface area (Å²) in [5, 5.41) is 20.7. The first-order valence-electron chi connectivity index (χ1n) is 10.4. The highest BCUT2D eigenvalue weighted by molar-refractivity contribution is 5.93. The maximum absolute atomic E-state index is 12.8. The molecule has 2 amide bonds. The van der Waals surface area contributed by atoms with Gasteiger partial charge >= 0.3 is 18.0 Å². The molecule has 0 bridgehead atoms. The van der Waals surface area contributed by atoms with Gasteiger partial charge in [0.25, 0.3) is 0 Å². The maximum Gasteiger partial charge on any atom is 0.408 e. The SMILES string of the molecule is CN(C(=O)C(C)(C)NC(=O)OCC1c2ccccc2-c2ccccc21)[C@@H](CC(=O)O)C(=O)O. The highest BCUT2D eigenvalue weighted by atomic mass is 16.5. The average Bonchev–Trinajstić information content (AvgIpc) is 3.08. The molecule has 0 unspecified atom stereocenters. The molecular formula is C24H26N2O7. The molecule has 0 spiro atoms. The van der Waals surface area contributed by atoms with Crippen LogP contribution in [0, 0.1) is 0 Å². The fourth-order valence-corrected chi connectivity index (χ4v) is 4.08. The lowest BCUT2D eigenvalue weighted by atomic mass is 9.98. The van der Waals surface area contributed by atoms with Gasteiger partial charge in [0.15, 0.2) is 0 Å². The van der Waals surface area contributed by atoms with Crippen molar-refractivity contribution in [3.8, 4) is 11.1 Å². The molecule has 1 aliphatic rings. The van der Waals surface area contributed by atoms with Crippen LogP contribution in [-0.4, -0.2) is 64.3 Å². The van der Waals surface area contributed by atoms with Crippen LogP contribution in [0.1, 0.15) is 37.3 Å². The summed E-state index contributed by atoms with van der Waals surface area (Å²) in [6.45, 7) is 2.84. The van der Waals surface area contributed by atoms with E-state index in [1.165, 1.54) is 20.9 Å². The van der Waals surface area contributed by atoms with Crippen molar-refractivity contribution in [1.82, 2.24) is 10.2 Å². The second-order valence-electron chi connectivity index (χ2n) is 8.44. The number of ether oxygens (including phenoxy) is 1. The van der Waals surface area contributed by atoms with E-state index in [-0.39, 0.29) is 12.5 Å². The fourth-order valence-electron chi connectivity index (χ4n) is 4.08. The Hall–Kier alpha value is -3.88. The number of carboxylic acid groups (broad SMARTS) is 2. The van der Waals surface area contributed by atoms with Crippen molar-refractivity contribution in [3.63, 3.8) is 0 Å².